The first-order chi connectivity index (χ1) is 13.7. The SMILES string of the molecule is O=[N+]([O-])c1cccc(/C(=N/c2cc(OCCOc3ccccc3)n[nH]2)NO)c1. The second-order valence-corrected chi connectivity index (χ2v) is 5.48. The molecule has 0 atom stereocenters. The van der Waals surface area contributed by atoms with Crippen LogP contribution in [0.4, 0.5) is 11.5 Å². The molecule has 0 aliphatic heterocycles. The van der Waals surface area contributed by atoms with E-state index in [1.54, 1.807) is 6.07 Å². The van der Waals surface area contributed by atoms with Gasteiger partial charge in [-0.3, -0.25) is 25.9 Å². The average molecular weight is 383 g/mol. The maximum atomic E-state index is 10.9. The summed E-state index contributed by atoms with van der Waals surface area (Å²) >= 11 is 0. The molecule has 0 unspecified atom stereocenters. The van der Waals surface area contributed by atoms with Crippen LogP contribution < -0.4 is 15.0 Å². The molecular weight excluding hydrogens is 366 g/mol. The largest absolute Gasteiger partial charge is 0.490 e. The first-order valence-corrected chi connectivity index (χ1v) is 8.25. The van der Waals surface area contributed by atoms with Crippen molar-refractivity contribution in [1.29, 1.82) is 0 Å². The zero-order valence-electron chi connectivity index (χ0n) is 14.6. The van der Waals surface area contributed by atoms with Gasteiger partial charge in [0.1, 0.15) is 19.0 Å². The third kappa shape index (κ3) is 5.05. The number of aliphatic imine (C=N–C) groups is 1. The topological polar surface area (TPSA) is 135 Å². The van der Waals surface area contributed by atoms with Crippen molar-refractivity contribution in [1.82, 2.24) is 15.7 Å². The molecule has 3 rings (SSSR count). The van der Waals surface area contributed by atoms with Gasteiger partial charge in [-0.05, 0) is 12.1 Å². The van der Waals surface area contributed by atoms with Crippen molar-refractivity contribution in [2.75, 3.05) is 13.2 Å². The number of nitro groups is 1. The number of ether oxygens (including phenoxy) is 2. The Hall–Kier alpha value is -3.92. The van der Waals surface area contributed by atoms with Gasteiger partial charge in [0.2, 0.25) is 5.88 Å². The quantitative estimate of drug-likeness (QED) is 0.179. The molecule has 28 heavy (non-hydrogen) atoms. The van der Waals surface area contributed by atoms with Gasteiger partial charge in [-0.15, -0.1) is 5.10 Å². The minimum absolute atomic E-state index is 0.0197. The van der Waals surface area contributed by atoms with Crippen LogP contribution in [-0.2, 0) is 0 Å². The highest BCUT2D eigenvalue weighted by atomic mass is 16.6. The highest BCUT2D eigenvalue weighted by Crippen LogP contribution is 2.18. The highest BCUT2D eigenvalue weighted by Gasteiger charge is 2.11. The van der Waals surface area contributed by atoms with Crippen LogP contribution in [0.1, 0.15) is 5.56 Å². The number of H-pyrrole nitrogens is 1. The molecule has 1 heterocycles. The van der Waals surface area contributed by atoms with Crippen molar-refractivity contribution >= 4 is 17.3 Å². The predicted octanol–water partition coefficient (Wildman–Crippen LogP) is 2.83. The second kappa shape index (κ2) is 9.14. The summed E-state index contributed by atoms with van der Waals surface area (Å²) in [5, 5.41) is 26.8. The Balaban J connectivity index is 1.60. The van der Waals surface area contributed by atoms with Gasteiger partial charge in [0.05, 0.1) is 4.92 Å². The van der Waals surface area contributed by atoms with Crippen molar-refractivity contribution in [3.8, 4) is 11.6 Å². The molecule has 3 N–H and O–H groups in total. The molecule has 10 nitrogen and oxygen atoms in total. The number of aromatic amines is 1. The van der Waals surface area contributed by atoms with Crippen molar-refractivity contribution in [3.63, 3.8) is 0 Å². The van der Waals surface area contributed by atoms with E-state index < -0.39 is 4.92 Å². The Morgan fingerprint density at radius 1 is 1.14 bits per heavy atom. The zero-order valence-corrected chi connectivity index (χ0v) is 14.6. The van der Waals surface area contributed by atoms with Crippen LogP contribution in [0.25, 0.3) is 0 Å². The predicted molar refractivity (Wildman–Crippen MR) is 100 cm³/mol. The number of non-ortho nitro benzene ring substituents is 1. The van der Waals surface area contributed by atoms with Gasteiger partial charge < -0.3 is 9.47 Å². The summed E-state index contributed by atoms with van der Waals surface area (Å²) in [4.78, 5) is 14.5. The first-order valence-electron chi connectivity index (χ1n) is 8.25. The molecule has 0 radical (unpaired) electrons. The fraction of sp³-hybridized carbons (Fsp3) is 0.111. The number of hydroxylamine groups is 1. The van der Waals surface area contributed by atoms with Crippen molar-refractivity contribution in [2.45, 2.75) is 0 Å². The molecule has 0 aliphatic carbocycles. The molecule has 0 saturated carbocycles. The van der Waals surface area contributed by atoms with Gasteiger partial charge in [0.25, 0.3) is 5.69 Å². The monoisotopic (exact) mass is 383 g/mol. The van der Waals surface area contributed by atoms with E-state index in [1.807, 2.05) is 35.8 Å². The standard InChI is InChI=1S/C18H17N5O5/c24-22-18(13-5-4-6-14(11-13)23(25)26)19-16-12-17(21-20-16)28-10-9-27-15-7-2-1-3-8-15/h1-8,11-12,24H,9-10H2,(H2,19,20,21,22). The molecule has 0 fully saturated rings. The maximum absolute atomic E-state index is 10.9. The van der Waals surface area contributed by atoms with Crippen LogP contribution in [0.2, 0.25) is 0 Å². The van der Waals surface area contributed by atoms with Crippen molar-refractivity contribution in [2.24, 2.45) is 4.99 Å². The molecule has 0 spiro atoms. The van der Waals surface area contributed by atoms with Gasteiger partial charge in [0, 0.05) is 23.8 Å². The molecule has 0 amide bonds. The molecule has 0 bridgehead atoms. The van der Waals surface area contributed by atoms with E-state index in [0.717, 1.165) is 5.75 Å². The Kier molecular flexibility index (Phi) is 6.16. The lowest BCUT2D eigenvalue weighted by atomic mass is 10.2. The Labute approximate surface area is 159 Å². The Morgan fingerprint density at radius 2 is 1.93 bits per heavy atom. The Bertz CT molecular complexity index is 958. The molecule has 0 aliphatic rings. The zero-order chi connectivity index (χ0) is 19.8. The van der Waals surface area contributed by atoms with Crippen LogP contribution in [0.3, 0.4) is 0 Å². The van der Waals surface area contributed by atoms with Gasteiger partial charge >= 0.3 is 0 Å². The third-order valence-corrected chi connectivity index (χ3v) is 3.55. The lowest BCUT2D eigenvalue weighted by Crippen LogP contribution is -2.20. The summed E-state index contributed by atoms with van der Waals surface area (Å²) in [5.41, 5.74) is 2.15. The Morgan fingerprint density at radius 3 is 2.68 bits per heavy atom. The summed E-state index contributed by atoms with van der Waals surface area (Å²) in [6, 6.07) is 16.6. The molecule has 3 aromatic rings. The van der Waals surface area contributed by atoms with Crippen LogP contribution in [-0.4, -0.2) is 39.4 Å². The molecular formula is C18H17N5O5. The lowest BCUT2D eigenvalue weighted by Gasteiger charge is -2.05. The molecule has 1 aromatic heterocycles. The summed E-state index contributed by atoms with van der Waals surface area (Å²) in [6.45, 7) is 0.617. The molecule has 10 heteroatoms. The third-order valence-electron chi connectivity index (χ3n) is 3.55. The van der Waals surface area contributed by atoms with E-state index in [0.29, 0.717) is 23.9 Å². The normalized spacial score (nSPS) is 11.1. The number of hydrogen-bond acceptors (Lipinski definition) is 7. The maximum Gasteiger partial charge on any atom is 0.270 e. The van der Waals surface area contributed by atoms with Gasteiger partial charge in [0.15, 0.2) is 11.7 Å². The molecule has 144 valence electrons. The average Bonchev–Trinajstić information content (AvgIpc) is 3.17. The van der Waals surface area contributed by atoms with Crippen molar-refractivity contribution in [3.05, 3.63) is 76.3 Å². The minimum atomic E-state index is -0.530. The molecule has 2 aromatic carbocycles. The van der Waals surface area contributed by atoms with E-state index in [4.69, 9.17) is 9.47 Å². The van der Waals surface area contributed by atoms with E-state index >= 15 is 0 Å². The van der Waals surface area contributed by atoms with Gasteiger partial charge in [-0.25, -0.2) is 4.99 Å². The van der Waals surface area contributed by atoms with Crippen LogP contribution in [0, 0.1) is 10.1 Å². The highest BCUT2D eigenvalue weighted by molar-refractivity contribution is 5.99. The van der Waals surface area contributed by atoms with E-state index in [9.17, 15) is 15.3 Å². The summed E-state index contributed by atoms with van der Waals surface area (Å²) in [7, 11) is 0. The van der Waals surface area contributed by atoms with Crippen LogP contribution >= 0.6 is 0 Å². The number of rotatable bonds is 8. The number of benzene rings is 2. The second-order valence-electron chi connectivity index (χ2n) is 5.48. The van der Waals surface area contributed by atoms with E-state index in [-0.39, 0.29) is 18.1 Å². The van der Waals surface area contributed by atoms with E-state index in [2.05, 4.69) is 15.2 Å². The van der Waals surface area contributed by atoms with Gasteiger partial charge in [-0.2, -0.15) is 0 Å². The smallest absolute Gasteiger partial charge is 0.270 e. The fourth-order valence-corrected chi connectivity index (χ4v) is 2.29. The first kappa shape index (κ1) is 18.9. The lowest BCUT2D eigenvalue weighted by molar-refractivity contribution is -0.384. The summed E-state index contributed by atoms with van der Waals surface area (Å²) in [5.74, 6) is 1.36. The van der Waals surface area contributed by atoms with Crippen LogP contribution in [0.5, 0.6) is 11.6 Å². The number of aromatic nitrogens is 2. The summed E-state index contributed by atoms with van der Waals surface area (Å²) < 4.78 is 11.0. The van der Waals surface area contributed by atoms with Crippen LogP contribution in [0.15, 0.2) is 65.7 Å². The fourth-order valence-electron chi connectivity index (χ4n) is 2.29. The number of amidine groups is 1. The summed E-state index contributed by atoms with van der Waals surface area (Å²) in [6.07, 6.45) is 0. The van der Waals surface area contributed by atoms with E-state index in [1.165, 1.54) is 24.3 Å². The molecule has 0 saturated heterocycles. The number of nitro benzene ring substituents is 1. The van der Waals surface area contributed by atoms with Crippen molar-refractivity contribution < 1.29 is 19.6 Å². The number of para-hydroxylation sites is 1. The van der Waals surface area contributed by atoms with Gasteiger partial charge in [-0.1, -0.05) is 30.3 Å². The number of hydrogen-bond donors (Lipinski definition) is 3. The number of nitrogens with zero attached hydrogens (tertiary/aromatic N) is 3. The minimum Gasteiger partial charge on any atom is -0.490 e. The number of nitrogens with one attached hydrogen (secondary N) is 2.